The van der Waals surface area contributed by atoms with Gasteiger partial charge in [-0.25, -0.2) is 18.0 Å². The summed E-state index contributed by atoms with van der Waals surface area (Å²) in [6, 6.07) is 4.35. The van der Waals surface area contributed by atoms with E-state index >= 15 is 0 Å². The third kappa shape index (κ3) is 4.13. The molecule has 0 bridgehead atoms. The SMILES string of the molecule is CCOC(=O)c1n[nH]nc1-c1ccc(OC)c(COc2c(F)c(F)c(F)c(F)c2F)c1. The molecule has 3 aromatic rings. The molecule has 0 spiro atoms. The Hall–Kier alpha value is -3.70. The minimum absolute atomic E-state index is 0.106. The topological polar surface area (TPSA) is 86.3 Å². The maximum atomic E-state index is 13.9. The van der Waals surface area contributed by atoms with Crippen molar-refractivity contribution in [2.24, 2.45) is 0 Å². The van der Waals surface area contributed by atoms with E-state index in [1.54, 1.807) is 6.92 Å². The van der Waals surface area contributed by atoms with E-state index in [0.29, 0.717) is 5.56 Å². The largest absolute Gasteiger partial charge is 0.496 e. The number of rotatable bonds is 7. The Balaban J connectivity index is 1.96. The highest BCUT2D eigenvalue weighted by Crippen LogP contribution is 2.32. The number of aromatic amines is 1. The molecule has 0 fully saturated rings. The van der Waals surface area contributed by atoms with Crippen LogP contribution in [-0.4, -0.2) is 35.1 Å². The molecule has 0 unspecified atom stereocenters. The number of carbonyl (C=O) groups is 1. The van der Waals surface area contributed by atoms with Crippen LogP contribution in [0.1, 0.15) is 23.0 Å². The molecular formula is C19H14F5N3O4. The first-order valence-corrected chi connectivity index (χ1v) is 8.69. The summed E-state index contributed by atoms with van der Waals surface area (Å²) in [5.74, 6) is -12.7. The average molecular weight is 443 g/mol. The van der Waals surface area contributed by atoms with Crippen molar-refractivity contribution in [1.82, 2.24) is 15.4 Å². The number of benzene rings is 2. The Morgan fingerprint density at radius 1 is 1.00 bits per heavy atom. The van der Waals surface area contributed by atoms with Crippen molar-refractivity contribution in [3.05, 3.63) is 58.5 Å². The van der Waals surface area contributed by atoms with E-state index in [1.807, 2.05) is 0 Å². The first-order chi connectivity index (χ1) is 14.8. The number of hydrogen-bond donors (Lipinski definition) is 1. The van der Waals surface area contributed by atoms with Gasteiger partial charge in [-0.2, -0.15) is 19.1 Å². The van der Waals surface area contributed by atoms with Gasteiger partial charge in [0.1, 0.15) is 18.1 Å². The van der Waals surface area contributed by atoms with E-state index < -0.39 is 47.4 Å². The van der Waals surface area contributed by atoms with Gasteiger partial charge in [-0.05, 0) is 25.1 Å². The average Bonchev–Trinajstić information content (AvgIpc) is 3.26. The van der Waals surface area contributed by atoms with Crippen molar-refractivity contribution in [3.8, 4) is 22.8 Å². The van der Waals surface area contributed by atoms with E-state index in [2.05, 4.69) is 15.4 Å². The van der Waals surface area contributed by atoms with Gasteiger partial charge in [0.25, 0.3) is 0 Å². The predicted octanol–water partition coefficient (Wildman–Crippen LogP) is 3.93. The van der Waals surface area contributed by atoms with Gasteiger partial charge in [0.2, 0.25) is 29.1 Å². The zero-order valence-electron chi connectivity index (χ0n) is 16.1. The lowest BCUT2D eigenvalue weighted by Gasteiger charge is -2.13. The fourth-order valence-corrected chi connectivity index (χ4v) is 2.67. The zero-order valence-corrected chi connectivity index (χ0v) is 16.1. The van der Waals surface area contributed by atoms with Crippen LogP contribution in [0.3, 0.4) is 0 Å². The fourth-order valence-electron chi connectivity index (χ4n) is 2.67. The Morgan fingerprint density at radius 3 is 2.26 bits per heavy atom. The van der Waals surface area contributed by atoms with E-state index in [4.69, 9.17) is 14.2 Å². The van der Waals surface area contributed by atoms with Gasteiger partial charge in [0.05, 0.1) is 13.7 Å². The quantitative estimate of drug-likeness (QED) is 0.258. The molecule has 0 amide bonds. The standard InChI is InChI=1S/C19H14F5N3O4/c1-3-30-19(28)17-16(25-27-26-17)8-4-5-10(29-2)9(6-8)7-31-18-14(23)12(21)11(20)13(22)15(18)24/h4-6H,3,7H2,1-2H3,(H,25,26,27). The number of halogens is 5. The van der Waals surface area contributed by atoms with Crippen molar-refractivity contribution < 1.29 is 41.0 Å². The Kier molecular flexibility index (Phi) is 6.37. The Bertz CT molecular complexity index is 1110. The predicted molar refractivity (Wildman–Crippen MR) is 94.9 cm³/mol. The summed E-state index contributed by atoms with van der Waals surface area (Å²) in [4.78, 5) is 12.0. The van der Waals surface area contributed by atoms with Crippen molar-refractivity contribution >= 4 is 5.97 Å². The molecule has 2 aromatic carbocycles. The maximum Gasteiger partial charge on any atom is 0.361 e. The summed E-state index contributed by atoms with van der Waals surface area (Å²) < 4.78 is 82.6. The molecule has 31 heavy (non-hydrogen) atoms. The lowest BCUT2D eigenvalue weighted by atomic mass is 10.1. The lowest BCUT2D eigenvalue weighted by Crippen LogP contribution is -2.08. The molecule has 0 aliphatic rings. The van der Waals surface area contributed by atoms with Crippen LogP contribution >= 0.6 is 0 Å². The maximum absolute atomic E-state index is 13.9. The van der Waals surface area contributed by atoms with Crippen LogP contribution < -0.4 is 9.47 Å². The second-order valence-electron chi connectivity index (χ2n) is 5.96. The highest BCUT2D eigenvalue weighted by molar-refractivity contribution is 5.94. The van der Waals surface area contributed by atoms with Crippen LogP contribution in [0.4, 0.5) is 22.0 Å². The Labute approximate surface area is 171 Å². The molecule has 1 aromatic heterocycles. The van der Waals surface area contributed by atoms with Crippen LogP contribution in [0.15, 0.2) is 18.2 Å². The summed E-state index contributed by atoms with van der Waals surface area (Å²) in [5.41, 5.74) is 0.493. The molecule has 0 aliphatic carbocycles. The third-order valence-electron chi connectivity index (χ3n) is 4.11. The number of H-pyrrole nitrogens is 1. The number of carbonyl (C=O) groups excluding carboxylic acids is 1. The van der Waals surface area contributed by atoms with Crippen LogP contribution in [0.2, 0.25) is 0 Å². The number of nitrogens with one attached hydrogen (secondary N) is 1. The summed E-state index contributed by atoms with van der Waals surface area (Å²) >= 11 is 0. The van der Waals surface area contributed by atoms with Crippen molar-refractivity contribution in [3.63, 3.8) is 0 Å². The summed E-state index contributed by atoms with van der Waals surface area (Å²) in [7, 11) is 1.30. The molecule has 7 nitrogen and oxygen atoms in total. The highest BCUT2D eigenvalue weighted by atomic mass is 19.2. The molecule has 3 rings (SSSR count). The Morgan fingerprint density at radius 2 is 1.65 bits per heavy atom. The molecule has 0 aliphatic heterocycles. The summed E-state index contributed by atoms with van der Waals surface area (Å²) in [6.45, 7) is 1.09. The minimum atomic E-state index is -2.29. The number of aromatic nitrogens is 3. The third-order valence-corrected chi connectivity index (χ3v) is 4.11. The molecule has 0 atom stereocenters. The summed E-state index contributed by atoms with van der Waals surface area (Å²) in [5, 5.41) is 9.92. The number of ether oxygens (including phenoxy) is 3. The van der Waals surface area contributed by atoms with Crippen LogP contribution in [0, 0.1) is 29.1 Å². The zero-order chi connectivity index (χ0) is 22.7. The fraction of sp³-hybridized carbons (Fsp3) is 0.211. The second kappa shape index (κ2) is 8.98. The molecular weight excluding hydrogens is 429 g/mol. The van der Waals surface area contributed by atoms with E-state index in [0.717, 1.165) is 0 Å². The van der Waals surface area contributed by atoms with Crippen LogP contribution in [0.25, 0.3) is 11.3 Å². The number of hydrogen-bond acceptors (Lipinski definition) is 6. The molecule has 164 valence electrons. The van der Waals surface area contributed by atoms with Gasteiger partial charge in [-0.3, -0.25) is 0 Å². The molecule has 0 saturated heterocycles. The van der Waals surface area contributed by atoms with E-state index in [1.165, 1.54) is 25.3 Å². The van der Waals surface area contributed by atoms with E-state index in [-0.39, 0.29) is 29.3 Å². The van der Waals surface area contributed by atoms with Crippen molar-refractivity contribution in [2.75, 3.05) is 13.7 Å². The molecule has 1 N–H and O–H groups in total. The first-order valence-electron chi connectivity index (χ1n) is 8.69. The normalized spacial score (nSPS) is 10.8. The van der Waals surface area contributed by atoms with Gasteiger partial charge in [0.15, 0.2) is 11.4 Å². The van der Waals surface area contributed by atoms with Crippen molar-refractivity contribution in [1.29, 1.82) is 0 Å². The van der Waals surface area contributed by atoms with Crippen molar-refractivity contribution in [2.45, 2.75) is 13.5 Å². The molecule has 0 saturated carbocycles. The monoisotopic (exact) mass is 443 g/mol. The van der Waals surface area contributed by atoms with Gasteiger partial charge in [-0.1, -0.05) is 0 Å². The van der Waals surface area contributed by atoms with Gasteiger partial charge >= 0.3 is 5.97 Å². The second-order valence-corrected chi connectivity index (χ2v) is 5.96. The van der Waals surface area contributed by atoms with Gasteiger partial charge < -0.3 is 14.2 Å². The lowest BCUT2D eigenvalue weighted by molar-refractivity contribution is 0.0520. The number of esters is 1. The van der Waals surface area contributed by atoms with E-state index in [9.17, 15) is 26.7 Å². The number of methoxy groups -OCH3 is 1. The highest BCUT2D eigenvalue weighted by Gasteiger charge is 2.27. The molecule has 12 heteroatoms. The minimum Gasteiger partial charge on any atom is -0.496 e. The summed E-state index contributed by atoms with van der Waals surface area (Å²) in [6.07, 6.45) is 0. The molecule has 0 radical (unpaired) electrons. The van der Waals surface area contributed by atoms with Gasteiger partial charge in [-0.15, -0.1) is 5.10 Å². The van der Waals surface area contributed by atoms with Gasteiger partial charge in [0, 0.05) is 11.1 Å². The van der Waals surface area contributed by atoms with Crippen LogP contribution in [-0.2, 0) is 11.3 Å². The molecule has 1 heterocycles. The smallest absolute Gasteiger partial charge is 0.361 e. The first kappa shape index (κ1) is 22.0. The van der Waals surface area contributed by atoms with Crippen LogP contribution in [0.5, 0.6) is 11.5 Å². The number of nitrogens with zero attached hydrogens (tertiary/aromatic N) is 2.